The largest absolute Gasteiger partial charge is 0.481 e. The first-order valence-corrected chi connectivity index (χ1v) is 6.45. The molecule has 4 unspecified atom stereocenters. The van der Waals surface area contributed by atoms with Gasteiger partial charge in [0.25, 0.3) is 0 Å². The Morgan fingerprint density at radius 3 is 2.81 bits per heavy atom. The molecule has 0 saturated heterocycles. The minimum atomic E-state index is -0.634. The zero-order chi connectivity index (χ0) is 11.5. The smallest absolute Gasteiger partial charge is 0.303 e. The van der Waals surface area contributed by atoms with Gasteiger partial charge in [-0.15, -0.1) is 0 Å². The molecule has 0 bridgehead atoms. The maximum absolute atomic E-state index is 10.9. The first-order chi connectivity index (χ1) is 7.70. The van der Waals surface area contributed by atoms with Crippen molar-refractivity contribution in [2.24, 2.45) is 17.8 Å². The van der Waals surface area contributed by atoms with Gasteiger partial charge in [0.1, 0.15) is 0 Å². The second kappa shape index (κ2) is 5.17. The molecule has 3 nitrogen and oxygen atoms in total. The Hall–Kier alpha value is -0.570. The molecule has 0 aliphatic heterocycles. The third kappa shape index (κ3) is 2.57. The number of hydrogen-bond donors (Lipinski definition) is 1. The van der Waals surface area contributed by atoms with E-state index in [0.29, 0.717) is 24.4 Å². The predicted molar refractivity (Wildman–Crippen MR) is 61.2 cm³/mol. The third-order valence-electron chi connectivity index (χ3n) is 4.53. The quantitative estimate of drug-likeness (QED) is 0.804. The number of fused-ring (bicyclic) bond motifs is 1. The van der Waals surface area contributed by atoms with Gasteiger partial charge in [-0.2, -0.15) is 0 Å². The van der Waals surface area contributed by atoms with E-state index in [1.807, 2.05) is 0 Å². The molecule has 1 N–H and O–H groups in total. The van der Waals surface area contributed by atoms with Gasteiger partial charge >= 0.3 is 5.97 Å². The molecule has 3 heteroatoms. The van der Waals surface area contributed by atoms with E-state index in [9.17, 15) is 4.79 Å². The number of hydrogen-bond acceptors (Lipinski definition) is 2. The van der Waals surface area contributed by atoms with Crippen LogP contribution in [0.5, 0.6) is 0 Å². The van der Waals surface area contributed by atoms with Crippen LogP contribution >= 0.6 is 0 Å². The van der Waals surface area contributed by atoms with E-state index in [2.05, 4.69) is 0 Å². The van der Waals surface area contributed by atoms with Gasteiger partial charge in [-0.1, -0.05) is 12.8 Å². The van der Waals surface area contributed by atoms with Crippen LogP contribution in [0.2, 0.25) is 0 Å². The second-order valence-electron chi connectivity index (χ2n) is 5.38. The van der Waals surface area contributed by atoms with E-state index in [0.717, 1.165) is 25.2 Å². The number of carboxylic acid groups (broad SMARTS) is 1. The van der Waals surface area contributed by atoms with Crippen molar-refractivity contribution < 1.29 is 14.6 Å². The summed E-state index contributed by atoms with van der Waals surface area (Å²) in [7, 11) is 1.78. The molecule has 2 fully saturated rings. The summed E-state index contributed by atoms with van der Waals surface area (Å²) in [4.78, 5) is 10.9. The van der Waals surface area contributed by atoms with E-state index in [4.69, 9.17) is 9.84 Å². The van der Waals surface area contributed by atoms with E-state index in [1.54, 1.807) is 7.11 Å². The Balaban J connectivity index is 1.99. The third-order valence-corrected chi connectivity index (χ3v) is 4.53. The standard InChI is InChI=1S/C13H22O3/c1-16-11-6-5-9-3-2-4-10(7-13(14)15)12(9)8-11/h9-12H,2-8H2,1H3,(H,14,15). The molecule has 2 saturated carbocycles. The lowest BCUT2D eigenvalue weighted by Gasteiger charge is -2.43. The fourth-order valence-electron chi connectivity index (χ4n) is 3.71. The highest BCUT2D eigenvalue weighted by atomic mass is 16.5. The molecule has 0 radical (unpaired) electrons. The summed E-state index contributed by atoms with van der Waals surface area (Å²) in [5, 5.41) is 8.95. The van der Waals surface area contributed by atoms with Crippen LogP contribution < -0.4 is 0 Å². The first kappa shape index (κ1) is 11.9. The molecule has 2 aliphatic rings. The summed E-state index contributed by atoms with van der Waals surface area (Å²) in [6.45, 7) is 0. The van der Waals surface area contributed by atoms with Gasteiger partial charge in [0.05, 0.1) is 6.10 Å². The van der Waals surface area contributed by atoms with Gasteiger partial charge < -0.3 is 9.84 Å². The molecule has 0 aromatic heterocycles. The lowest BCUT2D eigenvalue weighted by atomic mass is 9.64. The Morgan fingerprint density at radius 1 is 1.31 bits per heavy atom. The summed E-state index contributed by atoms with van der Waals surface area (Å²) in [5.74, 6) is 1.13. The topological polar surface area (TPSA) is 46.5 Å². The molecule has 0 amide bonds. The van der Waals surface area contributed by atoms with Crippen molar-refractivity contribution in [1.82, 2.24) is 0 Å². The summed E-state index contributed by atoms with van der Waals surface area (Å²) in [6, 6.07) is 0. The number of ether oxygens (including phenoxy) is 1. The molecule has 92 valence electrons. The molecule has 16 heavy (non-hydrogen) atoms. The van der Waals surface area contributed by atoms with Crippen molar-refractivity contribution >= 4 is 5.97 Å². The second-order valence-corrected chi connectivity index (χ2v) is 5.38. The summed E-state index contributed by atoms with van der Waals surface area (Å²) >= 11 is 0. The number of aliphatic carboxylic acids is 1. The van der Waals surface area contributed by atoms with Crippen LogP contribution in [0.1, 0.15) is 44.9 Å². The van der Waals surface area contributed by atoms with E-state index >= 15 is 0 Å². The zero-order valence-electron chi connectivity index (χ0n) is 10.0. The van der Waals surface area contributed by atoms with Gasteiger partial charge in [-0.25, -0.2) is 0 Å². The fourth-order valence-corrected chi connectivity index (χ4v) is 3.71. The van der Waals surface area contributed by atoms with Crippen LogP contribution in [-0.2, 0) is 9.53 Å². The van der Waals surface area contributed by atoms with Gasteiger partial charge in [-0.3, -0.25) is 4.79 Å². The monoisotopic (exact) mass is 226 g/mol. The molecule has 2 aliphatic carbocycles. The van der Waals surface area contributed by atoms with E-state index in [1.165, 1.54) is 19.3 Å². The van der Waals surface area contributed by atoms with Gasteiger partial charge in [0, 0.05) is 13.5 Å². The van der Waals surface area contributed by atoms with Gasteiger partial charge in [0.2, 0.25) is 0 Å². The average molecular weight is 226 g/mol. The van der Waals surface area contributed by atoms with Crippen molar-refractivity contribution in [2.75, 3.05) is 7.11 Å². The SMILES string of the molecule is COC1CCC2CCCC(CC(=O)O)C2C1. The highest BCUT2D eigenvalue weighted by Gasteiger charge is 2.38. The van der Waals surface area contributed by atoms with Crippen LogP contribution in [0, 0.1) is 17.8 Å². The number of carboxylic acids is 1. The van der Waals surface area contributed by atoms with Gasteiger partial charge in [-0.05, 0) is 43.4 Å². The maximum atomic E-state index is 10.9. The van der Waals surface area contributed by atoms with Crippen LogP contribution in [0.3, 0.4) is 0 Å². The molecule has 4 atom stereocenters. The lowest BCUT2D eigenvalue weighted by Crippen LogP contribution is -2.37. The van der Waals surface area contributed by atoms with Crippen LogP contribution in [-0.4, -0.2) is 24.3 Å². The Labute approximate surface area is 97.2 Å². The molecular formula is C13H22O3. The lowest BCUT2D eigenvalue weighted by molar-refractivity contribution is -0.139. The maximum Gasteiger partial charge on any atom is 0.303 e. The minimum absolute atomic E-state index is 0.359. The average Bonchev–Trinajstić information content (AvgIpc) is 2.28. The molecule has 0 heterocycles. The van der Waals surface area contributed by atoms with Crippen LogP contribution in [0.25, 0.3) is 0 Å². The number of rotatable bonds is 3. The Kier molecular flexibility index (Phi) is 3.85. The van der Waals surface area contributed by atoms with Crippen molar-refractivity contribution in [3.63, 3.8) is 0 Å². The van der Waals surface area contributed by atoms with E-state index in [-0.39, 0.29) is 0 Å². The van der Waals surface area contributed by atoms with Crippen LogP contribution in [0.15, 0.2) is 0 Å². The molecule has 2 rings (SSSR count). The van der Waals surface area contributed by atoms with Crippen LogP contribution in [0.4, 0.5) is 0 Å². The predicted octanol–water partition coefficient (Wildman–Crippen LogP) is 2.69. The molecular weight excluding hydrogens is 204 g/mol. The Bertz CT molecular complexity index is 252. The first-order valence-electron chi connectivity index (χ1n) is 6.45. The molecule has 0 aromatic rings. The van der Waals surface area contributed by atoms with Crippen molar-refractivity contribution in [2.45, 2.75) is 51.0 Å². The Morgan fingerprint density at radius 2 is 2.12 bits per heavy atom. The van der Waals surface area contributed by atoms with Crippen molar-refractivity contribution in [1.29, 1.82) is 0 Å². The highest BCUT2D eigenvalue weighted by molar-refractivity contribution is 5.67. The van der Waals surface area contributed by atoms with Crippen molar-refractivity contribution in [3.05, 3.63) is 0 Å². The van der Waals surface area contributed by atoms with E-state index < -0.39 is 5.97 Å². The van der Waals surface area contributed by atoms with Gasteiger partial charge in [0.15, 0.2) is 0 Å². The normalized spacial score (nSPS) is 39.1. The summed E-state index contributed by atoms with van der Waals surface area (Å²) < 4.78 is 5.45. The molecule has 0 aromatic carbocycles. The fraction of sp³-hybridized carbons (Fsp3) is 0.923. The minimum Gasteiger partial charge on any atom is -0.481 e. The zero-order valence-corrected chi connectivity index (χ0v) is 10.0. The summed E-state index contributed by atoms with van der Waals surface area (Å²) in [5.41, 5.74) is 0. The number of carbonyl (C=O) groups is 1. The number of methoxy groups -OCH3 is 1. The van der Waals surface area contributed by atoms with Crippen molar-refractivity contribution in [3.8, 4) is 0 Å². The molecule has 0 spiro atoms. The highest BCUT2D eigenvalue weighted by Crippen LogP contribution is 2.45. The summed E-state index contributed by atoms with van der Waals surface area (Å²) in [6.07, 6.45) is 7.83.